The smallest absolute Gasteiger partial charge is 0.407 e. The van der Waals surface area contributed by atoms with Crippen molar-refractivity contribution in [2.45, 2.75) is 13.8 Å². The number of alkyl carbamates (subject to hydrolysis) is 1. The third-order valence-corrected chi connectivity index (χ3v) is 1.88. The molecular formula is C12H15NO7. The number of rotatable bonds is 6. The number of ether oxygens (including phenoxy) is 2. The third-order valence-electron chi connectivity index (χ3n) is 1.88. The average Bonchev–Trinajstić information content (AvgIpc) is 2.35. The van der Waals surface area contributed by atoms with Gasteiger partial charge in [0.25, 0.3) is 0 Å². The number of carboxylic acids is 1. The van der Waals surface area contributed by atoms with Gasteiger partial charge in [0, 0.05) is 17.2 Å². The van der Waals surface area contributed by atoms with E-state index >= 15 is 0 Å². The van der Waals surface area contributed by atoms with Gasteiger partial charge in [-0.15, -0.1) is 0 Å². The van der Waals surface area contributed by atoms with Gasteiger partial charge in [-0.1, -0.05) is 6.58 Å². The van der Waals surface area contributed by atoms with Gasteiger partial charge < -0.3 is 19.9 Å². The summed E-state index contributed by atoms with van der Waals surface area (Å²) >= 11 is 0. The maximum atomic E-state index is 11.4. The van der Waals surface area contributed by atoms with E-state index in [2.05, 4.69) is 21.4 Å². The summed E-state index contributed by atoms with van der Waals surface area (Å²) in [6.45, 7) is 6.01. The minimum absolute atomic E-state index is 0.167. The Balaban J connectivity index is 4.30. The van der Waals surface area contributed by atoms with E-state index in [1.807, 2.05) is 0 Å². The van der Waals surface area contributed by atoms with Crippen molar-refractivity contribution in [1.29, 1.82) is 0 Å². The lowest BCUT2D eigenvalue weighted by Gasteiger charge is -2.06. The van der Waals surface area contributed by atoms with Crippen LogP contribution in [0.15, 0.2) is 23.8 Å². The van der Waals surface area contributed by atoms with Crippen LogP contribution >= 0.6 is 0 Å². The quantitative estimate of drug-likeness (QED) is 0.411. The van der Waals surface area contributed by atoms with Crippen LogP contribution in [0.1, 0.15) is 13.8 Å². The monoisotopic (exact) mass is 285 g/mol. The van der Waals surface area contributed by atoms with Gasteiger partial charge >= 0.3 is 24.0 Å². The lowest BCUT2D eigenvalue weighted by atomic mass is 10.3. The largest absolute Gasteiger partial charge is 0.478 e. The van der Waals surface area contributed by atoms with E-state index in [9.17, 15) is 19.2 Å². The van der Waals surface area contributed by atoms with Crippen molar-refractivity contribution in [3.05, 3.63) is 23.8 Å². The zero-order valence-electron chi connectivity index (χ0n) is 11.1. The summed E-state index contributed by atoms with van der Waals surface area (Å²) in [7, 11) is 0. The normalized spacial score (nSPS) is 10.4. The van der Waals surface area contributed by atoms with Crippen molar-refractivity contribution in [3.8, 4) is 0 Å². The number of hydrogen-bond donors (Lipinski definition) is 2. The first kappa shape index (κ1) is 17.4. The van der Waals surface area contributed by atoms with Crippen LogP contribution in [0.5, 0.6) is 0 Å². The number of amides is 1. The topological polar surface area (TPSA) is 119 Å². The molecule has 0 atom stereocenters. The Labute approximate surface area is 115 Å². The van der Waals surface area contributed by atoms with Gasteiger partial charge in [-0.3, -0.25) is 0 Å². The summed E-state index contributed by atoms with van der Waals surface area (Å²) < 4.78 is 8.86. The highest BCUT2D eigenvalue weighted by atomic mass is 16.6. The van der Waals surface area contributed by atoms with Crippen molar-refractivity contribution in [3.63, 3.8) is 0 Å². The number of nitrogens with one attached hydrogen (secondary N) is 1. The van der Waals surface area contributed by atoms with Gasteiger partial charge in [0.1, 0.15) is 0 Å². The molecule has 0 rings (SSSR count). The molecule has 0 heterocycles. The van der Waals surface area contributed by atoms with Crippen molar-refractivity contribution in [2.75, 3.05) is 13.2 Å². The lowest BCUT2D eigenvalue weighted by Crippen LogP contribution is -2.29. The number of carbonyl (C=O) groups excluding carboxylic acids is 3. The van der Waals surface area contributed by atoms with E-state index in [0.717, 1.165) is 0 Å². The fourth-order valence-electron chi connectivity index (χ4n) is 0.865. The highest BCUT2D eigenvalue weighted by Crippen LogP contribution is 1.98. The zero-order valence-corrected chi connectivity index (χ0v) is 11.1. The number of carbonyl (C=O) groups is 4. The third kappa shape index (κ3) is 6.94. The molecule has 0 radical (unpaired) electrons. The summed E-state index contributed by atoms with van der Waals surface area (Å²) in [5, 5.41) is 10.7. The molecule has 8 nitrogen and oxygen atoms in total. The Morgan fingerprint density at radius 3 is 2.40 bits per heavy atom. The number of aliphatic carboxylic acids is 1. The minimum Gasteiger partial charge on any atom is -0.478 e. The van der Waals surface area contributed by atoms with E-state index in [0.29, 0.717) is 6.08 Å². The Bertz CT molecular complexity index is 464. The summed E-state index contributed by atoms with van der Waals surface area (Å²) in [4.78, 5) is 43.9. The molecular weight excluding hydrogens is 270 g/mol. The van der Waals surface area contributed by atoms with Crippen LogP contribution < -0.4 is 5.32 Å². The van der Waals surface area contributed by atoms with E-state index < -0.39 is 24.0 Å². The van der Waals surface area contributed by atoms with E-state index in [1.54, 1.807) is 6.92 Å². The van der Waals surface area contributed by atoms with Gasteiger partial charge in [-0.25, -0.2) is 19.2 Å². The molecule has 0 aromatic carbocycles. The van der Waals surface area contributed by atoms with Gasteiger partial charge in [-0.2, -0.15) is 0 Å². The maximum Gasteiger partial charge on any atom is 0.407 e. The molecule has 0 fully saturated rings. The Morgan fingerprint density at radius 1 is 1.30 bits per heavy atom. The minimum atomic E-state index is -1.31. The molecule has 0 aromatic rings. The van der Waals surface area contributed by atoms with E-state index in [4.69, 9.17) is 5.11 Å². The molecule has 0 unspecified atom stereocenters. The summed E-state index contributed by atoms with van der Waals surface area (Å²) in [5.41, 5.74) is -0.467. The molecule has 0 aliphatic rings. The first-order valence-corrected chi connectivity index (χ1v) is 5.54. The molecule has 2 N–H and O–H groups in total. The second kappa shape index (κ2) is 8.46. The van der Waals surface area contributed by atoms with Crippen LogP contribution in [0.3, 0.4) is 0 Å². The standard InChI is InChI=1S/C12H15NO7/c1-4-19-12(18)13-6-8(3)11(17)20-9(14)5-7(2)10(15)16/h5H,3-4,6H2,1-2H3,(H,13,18)(H,15,16). The fourth-order valence-corrected chi connectivity index (χ4v) is 0.865. The van der Waals surface area contributed by atoms with Crippen LogP contribution in [-0.2, 0) is 23.9 Å². The predicted molar refractivity (Wildman–Crippen MR) is 66.7 cm³/mol. The number of esters is 2. The van der Waals surface area contributed by atoms with Crippen molar-refractivity contribution in [1.82, 2.24) is 5.32 Å². The zero-order chi connectivity index (χ0) is 15.7. The molecule has 110 valence electrons. The second-order valence-corrected chi connectivity index (χ2v) is 3.52. The van der Waals surface area contributed by atoms with Gasteiger partial charge in [-0.05, 0) is 13.8 Å². The molecule has 0 spiro atoms. The lowest BCUT2D eigenvalue weighted by molar-refractivity contribution is -0.153. The Hall–Kier alpha value is -2.64. The van der Waals surface area contributed by atoms with Crippen LogP contribution in [0.25, 0.3) is 0 Å². The number of carboxylic acid groups (broad SMARTS) is 1. The second-order valence-electron chi connectivity index (χ2n) is 3.52. The molecule has 0 aliphatic carbocycles. The van der Waals surface area contributed by atoms with E-state index in [1.165, 1.54) is 6.92 Å². The van der Waals surface area contributed by atoms with Crippen LogP contribution in [0.2, 0.25) is 0 Å². The van der Waals surface area contributed by atoms with Crippen molar-refractivity contribution >= 4 is 24.0 Å². The average molecular weight is 285 g/mol. The van der Waals surface area contributed by atoms with Gasteiger partial charge in [0.05, 0.1) is 13.2 Å². The highest BCUT2D eigenvalue weighted by molar-refractivity contribution is 6.02. The van der Waals surface area contributed by atoms with Crippen LogP contribution in [0, 0.1) is 0 Å². The molecule has 20 heavy (non-hydrogen) atoms. The first-order valence-electron chi connectivity index (χ1n) is 5.54. The predicted octanol–water partition coefficient (Wildman–Crippen LogP) is 0.389. The van der Waals surface area contributed by atoms with E-state index in [-0.39, 0.29) is 24.3 Å². The Kier molecular flexibility index (Phi) is 7.34. The summed E-state index contributed by atoms with van der Waals surface area (Å²) in [5.74, 6) is -3.51. The van der Waals surface area contributed by atoms with Gasteiger partial charge in [0.2, 0.25) is 0 Å². The molecule has 0 aliphatic heterocycles. The van der Waals surface area contributed by atoms with Crippen molar-refractivity contribution in [2.24, 2.45) is 0 Å². The molecule has 1 amide bonds. The maximum absolute atomic E-state index is 11.4. The van der Waals surface area contributed by atoms with Gasteiger partial charge in [0.15, 0.2) is 0 Å². The summed E-state index contributed by atoms with van der Waals surface area (Å²) in [6, 6.07) is 0. The van der Waals surface area contributed by atoms with Crippen LogP contribution in [-0.4, -0.2) is 42.3 Å². The molecule has 0 saturated carbocycles. The first-order chi connectivity index (χ1) is 9.27. The molecule has 0 aromatic heterocycles. The highest BCUT2D eigenvalue weighted by Gasteiger charge is 2.14. The van der Waals surface area contributed by atoms with Crippen molar-refractivity contribution < 1.29 is 33.8 Å². The molecule has 0 bridgehead atoms. The number of hydrogen-bond acceptors (Lipinski definition) is 6. The fraction of sp³-hybridized carbons (Fsp3) is 0.333. The summed E-state index contributed by atoms with van der Waals surface area (Å²) in [6.07, 6.45) is -0.0823. The molecule has 8 heteroatoms. The molecule has 0 saturated heterocycles. The SMILES string of the molecule is C=C(CNC(=O)OCC)C(=O)OC(=O)C=C(C)C(=O)O. The van der Waals surface area contributed by atoms with Crippen LogP contribution in [0.4, 0.5) is 4.79 Å². The Morgan fingerprint density at radius 2 is 1.90 bits per heavy atom.